The van der Waals surface area contributed by atoms with E-state index in [2.05, 4.69) is 16.0 Å². The van der Waals surface area contributed by atoms with Gasteiger partial charge in [-0.05, 0) is 42.1 Å². The fourth-order valence-corrected chi connectivity index (χ4v) is 4.49. The van der Waals surface area contributed by atoms with E-state index in [-0.39, 0.29) is 12.5 Å². The van der Waals surface area contributed by atoms with Crippen LogP contribution in [0.1, 0.15) is 36.8 Å². The number of carbonyl (C=O) groups excluding carboxylic acids is 1. The monoisotopic (exact) mass is 433 g/mol. The minimum Gasteiger partial charge on any atom is -0.356 e. The van der Waals surface area contributed by atoms with Crippen LogP contribution >= 0.6 is 0 Å². The molecule has 3 N–H and O–H groups in total. The third-order valence-electron chi connectivity index (χ3n) is 5.88. The molecule has 2 aromatic carbocycles. The van der Waals surface area contributed by atoms with Crippen molar-refractivity contribution in [3.63, 3.8) is 0 Å². The van der Waals surface area contributed by atoms with E-state index in [1.54, 1.807) is 7.05 Å². The summed E-state index contributed by atoms with van der Waals surface area (Å²) in [5.74, 6) is 0.00691. The first-order valence-electron chi connectivity index (χ1n) is 10.8. The lowest BCUT2D eigenvalue weighted by molar-refractivity contribution is -0.125. The Morgan fingerprint density at radius 2 is 1.55 bits per heavy atom. The second-order valence-corrected chi connectivity index (χ2v) is 8.05. The number of alkyl halides is 3. The molecule has 1 aliphatic carbocycles. The van der Waals surface area contributed by atoms with Crippen LogP contribution in [0.3, 0.4) is 0 Å². The molecule has 0 saturated carbocycles. The van der Waals surface area contributed by atoms with E-state index in [9.17, 15) is 18.0 Å². The van der Waals surface area contributed by atoms with Gasteiger partial charge in [0.15, 0.2) is 0 Å². The summed E-state index contributed by atoms with van der Waals surface area (Å²) in [7, 11) is 1.80. The van der Waals surface area contributed by atoms with Crippen molar-refractivity contribution in [2.24, 2.45) is 0 Å². The second kappa shape index (κ2) is 10.3. The van der Waals surface area contributed by atoms with Crippen LogP contribution in [0.15, 0.2) is 48.5 Å². The van der Waals surface area contributed by atoms with Crippen LogP contribution < -0.4 is 16.0 Å². The van der Waals surface area contributed by atoms with Gasteiger partial charge in [-0.15, -0.1) is 0 Å². The Balaban J connectivity index is 1.75. The van der Waals surface area contributed by atoms with Crippen LogP contribution in [0.2, 0.25) is 0 Å². The van der Waals surface area contributed by atoms with Crippen LogP contribution in [-0.4, -0.2) is 45.3 Å². The molecular weight excluding hydrogens is 403 g/mol. The highest BCUT2D eigenvalue weighted by Crippen LogP contribution is 2.51. The molecule has 0 spiro atoms. The van der Waals surface area contributed by atoms with Crippen LogP contribution in [0.5, 0.6) is 0 Å². The van der Waals surface area contributed by atoms with Gasteiger partial charge in [0.05, 0.1) is 6.54 Å². The Labute approximate surface area is 181 Å². The quantitative estimate of drug-likeness (QED) is 0.470. The van der Waals surface area contributed by atoms with Gasteiger partial charge in [-0.3, -0.25) is 4.79 Å². The van der Waals surface area contributed by atoms with Gasteiger partial charge in [0.2, 0.25) is 5.91 Å². The number of fused-ring (bicyclic) bond motifs is 3. The summed E-state index contributed by atoms with van der Waals surface area (Å²) in [4.78, 5) is 11.8. The summed E-state index contributed by atoms with van der Waals surface area (Å²) in [6.07, 6.45) is -1.55. The van der Waals surface area contributed by atoms with Gasteiger partial charge >= 0.3 is 6.18 Å². The van der Waals surface area contributed by atoms with E-state index in [0.29, 0.717) is 25.9 Å². The number of amides is 1. The molecule has 31 heavy (non-hydrogen) atoms. The largest absolute Gasteiger partial charge is 0.401 e. The number of rotatable bonds is 11. The Morgan fingerprint density at radius 3 is 2.13 bits per heavy atom. The molecule has 0 aromatic heterocycles. The van der Waals surface area contributed by atoms with Crippen LogP contribution in [0, 0.1) is 0 Å². The molecule has 1 aliphatic rings. The molecule has 0 heterocycles. The molecule has 1 amide bonds. The van der Waals surface area contributed by atoms with E-state index < -0.39 is 18.1 Å². The van der Waals surface area contributed by atoms with E-state index in [1.807, 2.05) is 48.5 Å². The lowest BCUT2D eigenvalue weighted by atomic mass is 9.74. The number of nitrogens with one attached hydrogen (secondary N) is 3. The third-order valence-corrected chi connectivity index (χ3v) is 5.88. The zero-order valence-electron chi connectivity index (χ0n) is 17.8. The number of halogens is 3. The number of unbranched alkanes of at least 4 members (excludes halogenated alkanes) is 1. The Morgan fingerprint density at radius 1 is 0.935 bits per heavy atom. The van der Waals surface area contributed by atoms with Gasteiger partial charge in [-0.2, -0.15) is 13.2 Å². The fraction of sp³-hybridized carbons (Fsp3) is 0.458. The minimum absolute atomic E-state index is 0.00691. The van der Waals surface area contributed by atoms with E-state index >= 15 is 0 Å². The lowest BCUT2D eigenvalue weighted by Gasteiger charge is -2.33. The maximum atomic E-state index is 12.9. The molecule has 0 fully saturated rings. The van der Waals surface area contributed by atoms with Crippen molar-refractivity contribution in [1.82, 2.24) is 16.0 Å². The molecule has 4 nitrogen and oxygen atoms in total. The standard InChI is InChI=1S/C24H30F3N3O/c1-28-15-12-22(31)30-14-7-6-13-23(16-29-17-24(25,26)27)20-10-4-2-8-18(20)19-9-3-5-11-21(19)23/h2-5,8-11,28-29H,6-7,12-17H2,1H3,(H,30,31). The normalized spacial score (nSPS) is 14.2. The van der Waals surface area contributed by atoms with Crippen molar-refractivity contribution in [3.05, 3.63) is 59.7 Å². The molecule has 7 heteroatoms. The summed E-state index contributed by atoms with van der Waals surface area (Å²) < 4.78 is 38.6. The fourth-order valence-electron chi connectivity index (χ4n) is 4.49. The molecule has 0 bridgehead atoms. The Kier molecular flexibility index (Phi) is 7.73. The third kappa shape index (κ3) is 5.66. The Bertz CT molecular complexity index is 837. The minimum atomic E-state index is -4.25. The number of benzene rings is 2. The molecule has 0 unspecified atom stereocenters. The summed E-state index contributed by atoms with van der Waals surface area (Å²) in [6.45, 7) is 0.404. The van der Waals surface area contributed by atoms with E-state index in [4.69, 9.17) is 0 Å². The number of hydrogen-bond acceptors (Lipinski definition) is 3. The molecule has 3 rings (SSSR count). The molecular formula is C24H30F3N3O. The summed E-state index contributed by atoms with van der Waals surface area (Å²) in [5, 5.41) is 8.53. The molecule has 0 saturated heterocycles. The van der Waals surface area contributed by atoms with Gasteiger partial charge in [0.1, 0.15) is 0 Å². The number of carbonyl (C=O) groups is 1. The van der Waals surface area contributed by atoms with Gasteiger partial charge in [-0.1, -0.05) is 55.0 Å². The molecule has 168 valence electrons. The van der Waals surface area contributed by atoms with E-state index in [1.165, 1.54) is 0 Å². The first kappa shape index (κ1) is 23.3. The van der Waals surface area contributed by atoms with Crippen LogP contribution in [0.4, 0.5) is 13.2 Å². The van der Waals surface area contributed by atoms with Gasteiger partial charge in [-0.25, -0.2) is 0 Å². The van der Waals surface area contributed by atoms with Crippen molar-refractivity contribution >= 4 is 5.91 Å². The van der Waals surface area contributed by atoms with Crippen molar-refractivity contribution in [2.75, 3.05) is 33.2 Å². The highest BCUT2D eigenvalue weighted by Gasteiger charge is 2.42. The zero-order valence-corrected chi connectivity index (χ0v) is 17.8. The number of hydrogen-bond donors (Lipinski definition) is 3. The maximum Gasteiger partial charge on any atom is 0.401 e. The highest BCUT2D eigenvalue weighted by molar-refractivity contribution is 5.81. The predicted octanol–water partition coefficient (Wildman–Crippen LogP) is 4.00. The SMILES string of the molecule is CNCCC(=O)NCCCCC1(CNCC(F)(F)F)c2ccccc2-c2ccccc21. The summed E-state index contributed by atoms with van der Waals surface area (Å²) in [6, 6.07) is 16.0. The first-order valence-corrected chi connectivity index (χ1v) is 10.8. The predicted molar refractivity (Wildman–Crippen MR) is 117 cm³/mol. The second-order valence-electron chi connectivity index (χ2n) is 8.05. The first-order chi connectivity index (χ1) is 14.9. The van der Waals surface area contributed by atoms with Crippen molar-refractivity contribution in [1.29, 1.82) is 0 Å². The average Bonchev–Trinajstić information content (AvgIpc) is 3.02. The van der Waals surface area contributed by atoms with Crippen molar-refractivity contribution < 1.29 is 18.0 Å². The van der Waals surface area contributed by atoms with E-state index in [0.717, 1.165) is 35.1 Å². The van der Waals surface area contributed by atoms with Crippen LogP contribution in [-0.2, 0) is 10.2 Å². The highest BCUT2D eigenvalue weighted by atomic mass is 19.4. The topological polar surface area (TPSA) is 53.2 Å². The van der Waals surface area contributed by atoms with Crippen molar-refractivity contribution in [3.8, 4) is 11.1 Å². The Hall–Kier alpha value is -2.38. The van der Waals surface area contributed by atoms with Gasteiger partial charge < -0.3 is 16.0 Å². The van der Waals surface area contributed by atoms with Gasteiger partial charge in [0.25, 0.3) is 0 Å². The molecule has 0 atom stereocenters. The van der Waals surface area contributed by atoms with Crippen LogP contribution in [0.25, 0.3) is 11.1 Å². The zero-order chi connectivity index (χ0) is 22.3. The summed E-state index contributed by atoms with van der Waals surface area (Å²) in [5.41, 5.74) is 3.81. The van der Waals surface area contributed by atoms with Crippen molar-refractivity contribution in [2.45, 2.75) is 37.3 Å². The molecule has 0 radical (unpaired) electrons. The summed E-state index contributed by atoms with van der Waals surface area (Å²) >= 11 is 0. The molecule has 0 aliphatic heterocycles. The maximum absolute atomic E-state index is 12.9. The average molecular weight is 434 g/mol. The smallest absolute Gasteiger partial charge is 0.356 e. The molecule has 2 aromatic rings. The lowest BCUT2D eigenvalue weighted by Crippen LogP contribution is -2.41. The van der Waals surface area contributed by atoms with Gasteiger partial charge in [0, 0.05) is 31.5 Å².